The number of amides is 2. The van der Waals surface area contributed by atoms with Crippen molar-refractivity contribution in [3.63, 3.8) is 0 Å². The molecule has 228 valence electrons. The third-order valence-corrected chi connectivity index (χ3v) is 9.58. The van der Waals surface area contributed by atoms with Gasteiger partial charge in [0.2, 0.25) is 11.3 Å². The van der Waals surface area contributed by atoms with Crippen LogP contribution in [0.15, 0.2) is 27.7 Å². The van der Waals surface area contributed by atoms with E-state index in [0.29, 0.717) is 12.8 Å². The predicted octanol–water partition coefficient (Wildman–Crippen LogP) is 1.30. The van der Waals surface area contributed by atoms with E-state index in [1.807, 2.05) is 0 Å². The van der Waals surface area contributed by atoms with Gasteiger partial charge in [-0.2, -0.15) is 0 Å². The van der Waals surface area contributed by atoms with Crippen LogP contribution in [-0.4, -0.2) is 86.4 Å². The molecular formula is C27H26F2N4O9S. The summed E-state index contributed by atoms with van der Waals surface area (Å²) >= 11 is 1.06. The summed E-state index contributed by atoms with van der Waals surface area (Å²) in [4.78, 5) is 62.6. The number of nitrogens with zero attached hydrogens (tertiary/aromatic N) is 2. The maximum absolute atomic E-state index is 16.1. The Hall–Kier alpha value is -4.02. The van der Waals surface area contributed by atoms with Crippen molar-refractivity contribution in [2.45, 2.75) is 42.6 Å². The van der Waals surface area contributed by atoms with Gasteiger partial charge in [-0.1, -0.05) is 11.8 Å². The minimum absolute atomic E-state index is 0.0698. The van der Waals surface area contributed by atoms with Gasteiger partial charge in [-0.25, -0.2) is 23.2 Å². The van der Waals surface area contributed by atoms with E-state index in [2.05, 4.69) is 10.6 Å². The van der Waals surface area contributed by atoms with Gasteiger partial charge in [-0.05, 0) is 25.3 Å². The smallest absolute Gasteiger partial charge is 0.407 e. The number of hydrogen-bond donors (Lipinski definition) is 5. The number of pyridine rings is 1. The second-order valence-corrected chi connectivity index (χ2v) is 12.0. The van der Waals surface area contributed by atoms with Gasteiger partial charge in [-0.3, -0.25) is 14.5 Å². The summed E-state index contributed by atoms with van der Waals surface area (Å²) in [6.07, 6.45) is 1.55. The van der Waals surface area contributed by atoms with Gasteiger partial charge >= 0.3 is 18.0 Å². The molecule has 4 aliphatic rings. The molecule has 3 aliphatic heterocycles. The summed E-state index contributed by atoms with van der Waals surface area (Å²) in [5.41, 5.74) is -2.46. The van der Waals surface area contributed by atoms with E-state index in [9.17, 15) is 39.3 Å². The fraction of sp³-hybridized carbons (Fsp3) is 0.444. The van der Waals surface area contributed by atoms with Crippen molar-refractivity contribution in [3.05, 3.63) is 55.9 Å². The molecule has 5 N–H and O–H groups in total. The Morgan fingerprint density at radius 1 is 1.14 bits per heavy atom. The number of hydrogen-bond acceptors (Lipinski definition) is 9. The molecule has 4 atom stereocenters. The number of aliphatic carboxylic acids is 1. The summed E-state index contributed by atoms with van der Waals surface area (Å²) in [6.45, 7) is -0.516. The standard InChI is InChI=1S/C27H26F2N4O9S/c28-15-5-12-20(32(10-1-2-10)8-14(22(12)35)25(37)38)19(29)18(15)13-6-30-7-16(13)31-27(41)42-9-17-21(26(39)40)33-23(36)11(3-4-34)24(33)43-17/h5,8,10-11,13,16,24,30,34H,1-4,6-7,9H2,(H,31,41)(H,37,38)(H,39,40)/t11-,13-,16-,24+/m0/s1. The maximum atomic E-state index is 16.1. The SMILES string of the molecule is O=C(N[C@H]1CNC[C@@H]1c1c(F)cc2c(=O)c(C(=O)O)cn(C3CC3)c2c1F)OCC1=C(C(=O)O)N2C(=O)[C@H](CCO)[C@H]2S1. The molecule has 1 aromatic heterocycles. The number of carboxylic acids is 2. The van der Waals surface area contributed by atoms with Gasteiger partial charge in [0.25, 0.3) is 0 Å². The van der Waals surface area contributed by atoms with Crippen LogP contribution in [0.5, 0.6) is 0 Å². The molecule has 43 heavy (non-hydrogen) atoms. The Balaban J connectivity index is 1.22. The molecule has 6 rings (SSSR count). The van der Waals surface area contributed by atoms with Crippen LogP contribution in [0.3, 0.4) is 0 Å². The third kappa shape index (κ3) is 4.82. The highest BCUT2D eigenvalue weighted by Crippen LogP contribution is 2.50. The topological polar surface area (TPSA) is 188 Å². The fourth-order valence-electron chi connectivity index (χ4n) is 6.01. The van der Waals surface area contributed by atoms with Crippen molar-refractivity contribution in [1.29, 1.82) is 0 Å². The van der Waals surface area contributed by atoms with E-state index < -0.39 is 76.4 Å². The van der Waals surface area contributed by atoms with Crippen LogP contribution in [0, 0.1) is 17.6 Å². The van der Waals surface area contributed by atoms with Crippen molar-refractivity contribution < 1.29 is 48.0 Å². The van der Waals surface area contributed by atoms with E-state index in [1.54, 1.807) is 0 Å². The lowest BCUT2D eigenvalue weighted by Crippen LogP contribution is -2.57. The van der Waals surface area contributed by atoms with Gasteiger partial charge < -0.3 is 35.3 Å². The quantitative estimate of drug-likeness (QED) is 0.254. The summed E-state index contributed by atoms with van der Waals surface area (Å²) < 4.78 is 38.2. The predicted molar refractivity (Wildman–Crippen MR) is 145 cm³/mol. The number of thioether (sulfide) groups is 1. The zero-order chi connectivity index (χ0) is 30.7. The largest absolute Gasteiger partial charge is 0.477 e. The highest BCUT2D eigenvalue weighted by Gasteiger charge is 2.55. The number of aliphatic hydroxyl groups is 1. The highest BCUT2D eigenvalue weighted by molar-refractivity contribution is 8.04. The molecule has 0 unspecified atom stereocenters. The molecule has 1 saturated carbocycles. The zero-order valence-electron chi connectivity index (χ0n) is 22.3. The highest BCUT2D eigenvalue weighted by atomic mass is 32.2. The molecule has 0 radical (unpaired) electrons. The molecule has 2 amide bonds. The summed E-state index contributed by atoms with van der Waals surface area (Å²) in [5.74, 6) is -6.87. The normalized spacial score (nSPS) is 24.7. The van der Waals surface area contributed by atoms with Crippen LogP contribution < -0.4 is 16.1 Å². The Kier molecular flexibility index (Phi) is 7.38. The molecular weight excluding hydrogens is 594 g/mol. The Bertz CT molecular complexity index is 1670. The van der Waals surface area contributed by atoms with Gasteiger partial charge in [0, 0.05) is 43.4 Å². The second-order valence-electron chi connectivity index (χ2n) is 10.8. The average molecular weight is 621 g/mol. The lowest BCUT2D eigenvalue weighted by Gasteiger charge is -2.42. The van der Waals surface area contributed by atoms with Crippen molar-refractivity contribution in [3.8, 4) is 0 Å². The second kappa shape index (κ2) is 10.9. The molecule has 3 fully saturated rings. The number of aromatic nitrogens is 1. The number of benzene rings is 1. The molecule has 4 heterocycles. The Morgan fingerprint density at radius 3 is 2.53 bits per heavy atom. The molecule has 1 aliphatic carbocycles. The van der Waals surface area contributed by atoms with Crippen LogP contribution in [0.2, 0.25) is 0 Å². The zero-order valence-corrected chi connectivity index (χ0v) is 23.2. The van der Waals surface area contributed by atoms with Gasteiger partial charge in [0.05, 0.1) is 33.1 Å². The van der Waals surface area contributed by atoms with Gasteiger partial charge in [0.15, 0.2) is 5.82 Å². The summed E-state index contributed by atoms with van der Waals surface area (Å²) in [6, 6.07) is -0.256. The number of aliphatic hydroxyl groups excluding tert-OH is 1. The number of aromatic carboxylic acids is 1. The molecule has 2 saturated heterocycles. The fourth-order valence-corrected chi connectivity index (χ4v) is 7.46. The molecule has 13 nitrogen and oxygen atoms in total. The number of rotatable bonds is 9. The summed E-state index contributed by atoms with van der Waals surface area (Å²) in [7, 11) is 0. The molecule has 0 bridgehead atoms. The number of fused-ring (bicyclic) bond motifs is 2. The number of nitrogens with one attached hydrogen (secondary N) is 2. The lowest BCUT2D eigenvalue weighted by atomic mass is 9.91. The minimum atomic E-state index is -1.50. The lowest BCUT2D eigenvalue weighted by molar-refractivity contribution is -0.152. The summed E-state index contributed by atoms with van der Waals surface area (Å²) in [5, 5.41) is 32.9. The van der Waals surface area contributed by atoms with Crippen LogP contribution in [0.4, 0.5) is 13.6 Å². The van der Waals surface area contributed by atoms with E-state index >= 15 is 8.78 Å². The minimum Gasteiger partial charge on any atom is -0.477 e. The number of ether oxygens (including phenoxy) is 1. The van der Waals surface area contributed by atoms with Crippen LogP contribution >= 0.6 is 11.8 Å². The van der Waals surface area contributed by atoms with Crippen molar-refractivity contribution in [2.75, 3.05) is 26.3 Å². The molecule has 1 aromatic carbocycles. The average Bonchev–Trinajstić information content (AvgIpc) is 3.61. The third-order valence-electron chi connectivity index (χ3n) is 8.20. The number of carbonyl (C=O) groups excluding carboxylic acids is 2. The van der Waals surface area contributed by atoms with Gasteiger partial charge in [-0.15, -0.1) is 0 Å². The monoisotopic (exact) mass is 620 g/mol. The van der Waals surface area contributed by atoms with Crippen LogP contribution in [0.1, 0.15) is 47.1 Å². The number of carboxylic acid groups (broad SMARTS) is 2. The molecule has 0 spiro atoms. The van der Waals surface area contributed by atoms with E-state index in [0.717, 1.165) is 28.9 Å². The van der Waals surface area contributed by atoms with Crippen molar-refractivity contribution >= 4 is 46.6 Å². The number of alkyl carbamates (subject to hydrolysis) is 1. The molecule has 2 aromatic rings. The first-order valence-corrected chi connectivity index (χ1v) is 14.4. The first kappa shape index (κ1) is 29.1. The van der Waals surface area contributed by atoms with Crippen LogP contribution in [-0.2, 0) is 14.3 Å². The number of β-lactam (4-membered cyclic amide) rings is 1. The first-order chi connectivity index (χ1) is 20.5. The van der Waals surface area contributed by atoms with Gasteiger partial charge in [0.1, 0.15) is 23.7 Å². The maximum Gasteiger partial charge on any atom is 0.407 e. The van der Waals surface area contributed by atoms with Crippen LogP contribution in [0.25, 0.3) is 10.9 Å². The van der Waals surface area contributed by atoms with E-state index in [1.165, 1.54) is 4.57 Å². The van der Waals surface area contributed by atoms with Crippen molar-refractivity contribution in [2.24, 2.45) is 5.92 Å². The van der Waals surface area contributed by atoms with E-state index in [4.69, 9.17) is 4.74 Å². The van der Waals surface area contributed by atoms with E-state index in [-0.39, 0.29) is 59.2 Å². The first-order valence-electron chi connectivity index (χ1n) is 13.5. The molecule has 16 heteroatoms. The number of carbonyl (C=O) groups is 4. The Labute approximate surface area is 245 Å². The Morgan fingerprint density at radius 2 is 1.88 bits per heavy atom. The number of halogens is 2. The van der Waals surface area contributed by atoms with Crippen molar-refractivity contribution in [1.82, 2.24) is 20.1 Å².